The zero-order valence-electron chi connectivity index (χ0n) is 12.2. The van der Waals surface area contributed by atoms with Crippen LogP contribution in [0.3, 0.4) is 0 Å². The third-order valence-corrected chi connectivity index (χ3v) is 5.10. The van der Waals surface area contributed by atoms with Crippen LogP contribution in [0.4, 0.5) is 0 Å². The molecule has 1 saturated carbocycles. The fourth-order valence-electron chi connectivity index (χ4n) is 3.97. The highest BCUT2D eigenvalue weighted by Crippen LogP contribution is 2.47. The first kappa shape index (κ1) is 13.1. The van der Waals surface area contributed by atoms with Gasteiger partial charge in [0.05, 0.1) is 12.2 Å². The van der Waals surface area contributed by atoms with Crippen LogP contribution in [0.5, 0.6) is 0 Å². The standard InChI is InChI=1S/C17H25NO/c1-3-18(4-2)15-9-11-17(12-10-15)16-8-6-5-7-14(16)13-19-17/h5-8,15H,3-4,9-13H2,1-2H3. The van der Waals surface area contributed by atoms with E-state index in [-0.39, 0.29) is 5.60 Å². The van der Waals surface area contributed by atoms with Gasteiger partial charge in [-0.3, -0.25) is 0 Å². The van der Waals surface area contributed by atoms with Crippen LogP contribution in [0.25, 0.3) is 0 Å². The van der Waals surface area contributed by atoms with Crippen LogP contribution in [0.1, 0.15) is 50.7 Å². The van der Waals surface area contributed by atoms with E-state index in [1.165, 1.54) is 49.9 Å². The van der Waals surface area contributed by atoms with E-state index in [0.29, 0.717) is 0 Å². The van der Waals surface area contributed by atoms with E-state index in [4.69, 9.17) is 4.74 Å². The van der Waals surface area contributed by atoms with E-state index in [0.717, 1.165) is 12.6 Å². The predicted octanol–water partition coefficient (Wildman–Crippen LogP) is 3.70. The number of hydrogen-bond donors (Lipinski definition) is 0. The summed E-state index contributed by atoms with van der Waals surface area (Å²) in [7, 11) is 0. The largest absolute Gasteiger partial charge is 0.366 e. The van der Waals surface area contributed by atoms with Gasteiger partial charge in [-0.15, -0.1) is 0 Å². The highest BCUT2D eigenvalue weighted by molar-refractivity contribution is 5.35. The van der Waals surface area contributed by atoms with Gasteiger partial charge in [-0.05, 0) is 49.9 Å². The molecule has 1 spiro atoms. The third kappa shape index (κ3) is 2.21. The summed E-state index contributed by atoms with van der Waals surface area (Å²) in [5.74, 6) is 0. The van der Waals surface area contributed by atoms with Crippen molar-refractivity contribution < 1.29 is 4.74 Å². The van der Waals surface area contributed by atoms with Gasteiger partial charge in [0.25, 0.3) is 0 Å². The first-order chi connectivity index (χ1) is 9.29. The number of fused-ring (bicyclic) bond motifs is 2. The number of rotatable bonds is 3. The number of hydrogen-bond acceptors (Lipinski definition) is 2. The summed E-state index contributed by atoms with van der Waals surface area (Å²) in [6, 6.07) is 9.55. The van der Waals surface area contributed by atoms with Crippen LogP contribution in [0.2, 0.25) is 0 Å². The number of benzene rings is 1. The van der Waals surface area contributed by atoms with E-state index in [1.807, 2.05) is 0 Å². The first-order valence-electron chi connectivity index (χ1n) is 7.75. The molecule has 1 heterocycles. The molecule has 2 nitrogen and oxygen atoms in total. The van der Waals surface area contributed by atoms with Gasteiger partial charge in [0.2, 0.25) is 0 Å². The maximum Gasteiger partial charge on any atom is 0.0940 e. The Balaban J connectivity index is 1.74. The molecule has 0 aromatic heterocycles. The molecule has 1 aliphatic heterocycles. The maximum absolute atomic E-state index is 6.23. The molecular formula is C17H25NO. The molecule has 1 fully saturated rings. The minimum atomic E-state index is 0.0419. The summed E-state index contributed by atoms with van der Waals surface area (Å²) in [5.41, 5.74) is 2.91. The first-order valence-corrected chi connectivity index (χ1v) is 7.75. The molecule has 2 aliphatic rings. The highest BCUT2D eigenvalue weighted by atomic mass is 16.5. The van der Waals surface area contributed by atoms with Crippen LogP contribution >= 0.6 is 0 Å². The molecule has 0 radical (unpaired) electrons. The monoisotopic (exact) mass is 259 g/mol. The Bertz CT molecular complexity index is 431. The second-order valence-electron chi connectivity index (χ2n) is 5.89. The van der Waals surface area contributed by atoms with E-state index in [2.05, 4.69) is 43.0 Å². The van der Waals surface area contributed by atoms with Crippen molar-refractivity contribution in [3.8, 4) is 0 Å². The second-order valence-corrected chi connectivity index (χ2v) is 5.89. The summed E-state index contributed by atoms with van der Waals surface area (Å²) in [6.07, 6.45) is 4.92. The molecule has 0 atom stereocenters. The SMILES string of the molecule is CCN(CC)C1CCC2(CC1)OCc1ccccc12. The van der Waals surface area contributed by atoms with Crippen LogP contribution in [-0.4, -0.2) is 24.0 Å². The normalized spacial score (nSPS) is 29.9. The van der Waals surface area contributed by atoms with E-state index in [1.54, 1.807) is 0 Å². The molecule has 0 amide bonds. The Labute approximate surface area is 116 Å². The molecule has 0 bridgehead atoms. The van der Waals surface area contributed by atoms with Gasteiger partial charge in [-0.25, -0.2) is 0 Å². The Hall–Kier alpha value is -0.860. The summed E-state index contributed by atoms with van der Waals surface area (Å²) in [5, 5.41) is 0. The molecule has 0 saturated heterocycles. The Morgan fingerprint density at radius 1 is 1.16 bits per heavy atom. The maximum atomic E-state index is 6.23. The Kier molecular flexibility index (Phi) is 3.64. The van der Waals surface area contributed by atoms with Crippen molar-refractivity contribution in [2.75, 3.05) is 13.1 Å². The fourth-order valence-corrected chi connectivity index (χ4v) is 3.97. The Morgan fingerprint density at radius 2 is 1.84 bits per heavy atom. The van der Waals surface area contributed by atoms with E-state index < -0.39 is 0 Å². The van der Waals surface area contributed by atoms with Gasteiger partial charge in [-0.2, -0.15) is 0 Å². The zero-order chi connectivity index (χ0) is 13.3. The minimum absolute atomic E-state index is 0.0419. The number of nitrogens with zero attached hydrogens (tertiary/aromatic N) is 1. The topological polar surface area (TPSA) is 12.5 Å². The minimum Gasteiger partial charge on any atom is -0.366 e. The van der Waals surface area contributed by atoms with Crippen LogP contribution in [0, 0.1) is 0 Å². The molecule has 104 valence electrons. The molecule has 0 N–H and O–H groups in total. The van der Waals surface area contributed by atoms with Crippen molar-refractivity contribution in [1.82, 2.24) is 4.90 Å². The van der Waals surface area contributed by atoms with Crippen molar-refractivity contribution in [2.24, 2.45) is 0 Å². The molecule has 19 heavy (non-hydrogen) atoms. The molecule has 3 rings (SSSR count). The van der Waals surface area contributed by atoms with Crippen molar-refractivity contribution >= 4 is 0 Å². The average Bonchev–Trinajstić information content (AvgIpc) is 2.82. The van der Waals surface area contributed by atoms with E-state index >= 15 is 0 Å². The zero-order valence-corrected chi connectivity index (χ0v) is 12.2. The number of ether oxygens (including phenoxy) is 1. The lowest BCUT2D eigenvalue weighted by molar-refractivity contribution is -0.0768. The summed E-state index contributed by atoms with van der Waals surface area (Å²) in [4.78, 5) is 2.60. The summed E-state index contributed by atoms with van der Waals surface area (Å²) < 4.78 is 6.23. The molecule has 2 heteroatoms. The average molecular weight is 259 g/mol. The smallest absolute Gasteiger partial charge is 0.0940 e. The van der Waals surface area contributed by atoms with Crippen LogP contribution in [0.15, 0.2) is 24.3 Å². The molecule has 0 unspecified atom stereocenters. The van der Waals surface area contributed by atoms with Crippen molar-refractivity contribution in [3.05, 3.63) is 35.4 Å². The van der Waals surface area contributed by atoms with E-state index in [9.17, 15) is 0 Å². The lowest BCUT2D eigenvalue weighted by Gasteiger charge is -2.41. The van der Waals surface area contributed by atoms with Gasteiger partial charge in [0.1, 0.15) is 0 Å². The molecular weight excluding hydrogens is 234 g/mol. The van der Waals surface area contributed by atoms with Gasteiger partial charge < -0.3 is 9.64 Å². The van der Waals surface area contributed by atoms with Crippen molar-refractivity contribution in [3.63, 3.8) is 0 Å². The van der Waals surface area contributed by atoms with Gasteiger partial charge in [0, 0.05) is 6.04 Å². The summed E-state index contributed by atoms with van der Waals surface area (Å²) >= 11 is 0. The predicted molar refractivity (Wildman–Crippen MR) is 78.1 cm³/mol. The molecule has 1 aromatic rings. The second kappa shape index (κ2) is 5.26. The third-order valence-electron chi connectivity index (χ3n) is 5.10. The lowest BCUT2D eigenvalue weighted by atomic mass is 9.77. The van der Waals surface area contributed by atoms with Crippen LogP contribution < -0.4 is 0 Å². The summed E-state index contributed by atoms with van der Waals surface area (Å²) in [6.45, 7) is 7.70. The molecule has 1 aromatic carbocycles. The van der Waals surface area contributed by atoms with Gasteiger partial charge in [0.15, 0.2) is 0 Å². The highest BCUT2D eigenvalue weighted by Gasteiger charge is 2.43. The van der Waals surface area contributed by atoms with Crippen molar-refractivity contribution in [2.45, 2.75) is 57.8 Å². The lowest BCUT2D eigenvalue weighted by Crippen LogP contribution is -2.42. The molecule has 1 aliphatic carbocycles. The van der Waals surface area contributed by atoms with Gasteiger partial charge >= 0.3 is 0 Å². The van der Waals surface area contributed by atoms with Crippen molar-refractivity contribution in [1.29, 1.82) is 0 Å². The quantitative estimate of drug-likeness (QED) is 0.820. The fraction of sp³-hybridized carbons (Fsp3) is 0.647. The van der Waals surface area contributed by atoms with Crippen LogP contribution in [-0.2, 0) is 16.9 Å². The van der Waals surface area contributed by atoms with Gasteiger partial charge in [-0.1, -0.05) is 38.1 Å². The Morgan fingerprint density at radius 3 is 2.53 bits per heavy atom.